The van der Waals surface area contributed by atoms with Crippen LogP contribution in [-0.2, 0) is 4.79 Å². The molecule has 0 aliphatic carbocycles. The highest BCUT2D eigenvalue weighted by Crippen LogP contribution is 2.24. The summed E-state index contributed by atoms with van der Waals surface area (Å²) in [5.41, 5.74) is 3.43. The Morgan fingerprint density at radius 2 is 1.86 bits per heavy atom. The van der Waals surface area contributed by atoms with Crippen LogP contribution in [-0.4, -0.2) is 36.1 Å². The molecule has 0 aromatic heterocycles. The molecule has 0 heterocycles. The third-order valence-electron chi connectivity index (χ3n) is 3.81. The highest BCUT2D eigenvalue weighted by Gasteiger charge is 2.08. The van der Waals surface area contributed by atoms with Crippen LogP contribution in [0.25, 0.3) is 5.57 Å². The summed E-state index contributed by atoms with van der Waals surface area (Å²) in [5, 5.41) is 9.17. The molecule has 1 N–H and O–H groups in total. The normalized spacial score (nSPS) is 12.3. The fourth-order valence-electron chi connectivity index (χ4n) is 2.19. The molecule has 0 saturated heterocycles. The van der Waals surface area contributed by atoms with E-state index in [4.69, 9.17) is 28.3 Å². The molecular weight excluding hydrogens is 414 g/mol. The first kappa shape index (κ1) is 24.5. The zero-order valence-electron chi connectivity index (χ0n) is 16.7. The van der Waals surface area contributed by atoms with Gasteiger partial charge in [-0.2, -0.15) is 0 Å². The summed E-state index contributed by atoms with van der Waals surface area (Å²) >= 11 is 12.2. The number of benzene rings is 2. The largest absolute Gasteiger partial charge is 0.477 e. The van der Waals surface area contributed by atoms with E-state index in [0.717, 1.165) is 22.4 Å². The van der Waals surface area contributed by atoms with Gasteiger partial charge >= 0.3 is 5.97 Å². The fourth-order valence-corrected chi connectivity index (χ4v) is 2.70. The van der Waals surface area contributed by atoms with Crippen LogP contribution in [0, 0.1) is 5.82 Å². The number of hydrogen-bond acceptors (Lipinski definition) is 3. The second-order valence-corrected chi connectivity index (χ2v) is 6.78. The van der Waals surface area contributed by atoms with Crippen LogP contribution in [0.4, 0.5) is 4.39 Å². The van der Waals surface area contributed by atoms with Crippen LogP contribution < -0.4 is 0 Å². The Morgan fingerprint density at radius 1 is 1.17 bits per heavy atom. The van der Waals surface area contributed by atoms with Crippen molar-refractivity contribution < 1.29 is 14.3 Å². The monoisotopic (exact) mass is 436 g/mol. The van der Waals surface area contributed by atoms with E-state index in [1.165, 1.54) is 26.1 Å². The summed E-state index contributed by atoms with van der Waals surface area (Å²) in [7, 11) is 1.45. The molecule has 0 unspecified atom stereocenters. The first-order valence-corrected chi connectivity index (χ1v) is 9.56. The molecule has 0 aliphatic rings. The van der Waals surface area contributed by atoms with Crippen LogP contribution in [0.3, 0.4) is 0 Å². The number of carboxylic acid groups (broad SMARTS) is 1. The molecule has 29 heavy (non-hydrogen) atoms. The van der Waals surface area contributed by atoms with Crippen molar-refractivity contribution in [2.24, 2.45) is 9.98 Å². The lowest BCUT2D eigenvalue weighted by atomic mass is 10.0. The van der Waals surface area contributed by atoms with Gasteiger partial charge in [-0.05, 0) is 68.3 Å². The number of aliphatic carboxylic acids is 1. The van der Waals surface area contributed by atoms with Gasteiger partial charge in [-0.25, -0.2) is 9.18 Å². The second kappa shape index (κ2) is 12.1. The van der Waals surface area contributed by atoms with E-state index in [1.807, 2.05) is 32.1 Å². The van der Waals surface area contributed by atoms with Crippen LogP contribution in [0.5, 0.6) is 0 Å². The Hall–Kier alpha value is -2.50. The molecule has 2 aromatic carbocycles. The molecule has 0 saturated carbocycles. The van der Waals surface area contributed by atoms with Crippen molar-refractivity contribution in [1.82, 2.24) is 0 Å². The molecule has 154 valence electrons. The number of allylic oxidation sites excluding steroid dienone is 2. The van der Waals surface area contributed by atoms with Crippen molar-refractivity contribution in [3.63, 3.8) is 0 Å². The van der Waals surface area contributed by atoms with Crippen LogP contribution >= 0.6 is 23.2 Å². The Bertz CT molecular complexity index is 954. The van der Waals surface area contributed by atoms with Crippen molar-refractivity contribution in [2.45, 2.75) is 20.8 Å². The summed E-state index contributed by atoms with van der Waals surface area (Å²) in [5.74, 6) is -1.22. The van der Waals surface area contributed by atoms with Gasteiger partial charge in [-0.1, -0.05) is 35.3 Å². The molecule has 0 amide bonds. The van der Waals surface area contributed by atoms with Crippen molar-refractivity contribution in [1.29, 1.82) is 0 Å². The maximum Gasteiger partial charge on any atom is 0.349 e. The number of carboxylic acids is 1. The Morgan fingerprint density at radius 3 is 2.34 bits per heavy atom. The maximum absolute atomic E-state index is 13.4. The Kier molecular flexibility index (Phi) is 10.3. The number of nitrogens with zero attached hydrogens (tertiary/aromatic N) is 2. The molecule has 7 heteroatoms. The van der Waals surface area contributed by atoms with Gasteiger partial charge in [-0.15, -0.1) is 0 Å². The molecule has 2 aromatic rings. The molecular formula is C22H23Cl2FN2O2. The van der Waals surface area contributed by atoms with E-state index in [-0.39, 0.29) is 11.5 Å². The van der Waals surface area contributed by atoms with Crippen molar-refractivity contribution in [2.75, 3.05) is 13.6 Å². The molecule has 4 nitrogen and oxygen atoms in total. The SMILES string of the molecule is CCN=C(/C=C(\C)c1cccc(F)c1)c1ccc(Cl)cc1Cl.CN=C(C)C(=O)O. The second-order valence-electron chi connectivity index (χ2n) is 5.94. The van der Waals surface area contributed by atoms with Crippen molar-refractivity contribution in [3.8, 4) is 0 Å². The smallest absolute Gasteiger partial charge is 0.349 e. The Balaban J connectivity index is 0.000000516. The third-order valence-corrected chi connectivity index (χ3v) is 4.36. The maximum atomic E-state index is 13.4. The van der Waals surface area contributed by atoms with Gasteiger partial charge in [0.1, 0.15) is 11.5 Å². The predicted molar refractivity (Wildman–Crippen MR) is 120 cm³/mol. The van der Waals surface area contributed by atoms with Gasteiger partial charge in [0.2, 0.25) is 0 Å². The summed E-state index contributed by atoms with van der Waals surface area (Å²) in [6, 6.07) is 11.8. The molecule has 0 radical (unpaired) electrons. The zero-order valence-corrected chi connectivity index (χ0v) is 18.2. The highest BCUT2D eigenvalue weighted by atomic mass is 35.5. The van der Waals surface area contributed by atoms with Crippen molar-refractivity contribution in [3.05, 3.63) is 75.5 Å². The average Bonchev–Trinajstić information content (AvgIpc) is 2.67. The average molecular weight is 437 g/mol. The lowest BCUT2D eigenvalue weighted by Crippen LogP contribution is -2.06. The van der Waals surface area contributed by atoms with E-state index in [2.05, 4.69) is 9.98 Å². The minimum atomic E-state index is -0.956. The summed E-state index contributed by atoms with van der Waals surface area (Å²) < 4.78 is 13.4. The molecule has 0 spiro atoms. The van der Waals surface area contributed by atoms with Gasteiger partial charge in [0, 0.05) is 24.2 Å². The molecule has 0 bridgehead atoms. The van der Waals surface area contributed by atoms with E-state index in [0.29, 0.717) is 16.6 Å². The number of halogens is 3. The number of hydrogen-bond donors (Lipinski definition) is 1. The first-order chi connectivity index (χ1) is 13.7. The lowest BCUT2D eigenvalue weighted by molar-refractivity contribution is -0.129. The van der Waals surface area contributed by atoms with Gasteiger partial charge in [0.25, 0.3) is 0 Å². The lowest BCUT2D eigenvalue weighted by Gasteiger charge is -2.08. The highest BCUT2D eigenvalue weighted by molar-refractivity contribution is 6.37. The third kappa shape index (κ3) is 8.18. The molecule has 2 rings (SSSR count). The minimum Gasteiger partial charge on any atom is -0.477 e. The standard InChI is InChI=1S/C18H16Cl2FN.C4H7NO2/c1-3-22-18(16-8-7-14(19)11-17(16)20)9-12(2)13-5-4-6-15(21)10-13;1-3(5-2)4(6)7/h4-11H,3H2,1-2H3;1-2H3,(H,6,7)/b12-9+,22-18?;. The van der Waals surface area contributed by atoms with Crippen LogP contribution in [0.2, 0.25) is 10.0 Å². The first-order valence-electron chi connectivity index (χ1n) is 8.80. The topological polar surface area (TPSA) is 62.0 Å². The van der Waals surface area contributed by atoms with E-state index in [1.54, 1.807) is 18.2 Å². The van der Waals surface area contributed by atoms with Gasteiger partial charge in [0.05, 0.1) is 10.7 Å². The quantitative estimate of drug-likeness (QED) is 0.566. The van der Waals surface area contributed by atoms with E-state index < -0.39 is 5.97 Å². The number of carbonyl (C=O) groups is 1. The van der Waals surface area contributed by atoms with Crippen LogP contribution in [0.15, 0.2) is 58.5 Å². The predicted octanol–water partition coefficient (Wildman–Crippen LogP) is 6.21. The zero-order chi connectivity index (χ0) is 22.0. The number of rotatable bonds is 5. The molecule has 0 aliphatic heterocycles. The summed E-state index contributed by atoms with van der Waals surface area (Å²) in [6.07, 6.45) is 1.91. The molecule has 0 fully saturated rings. The van der Waals surface area contributed by atoms with E-state index in [9.17, 15) is 9.18 Å². The summed E-state index contributed by atoms with van der Waals surface area (Å²) in [6.45, 7) is 5.95. The van der Waals surface area contributed by atoms with E-state index >= 15 is 0 Å². The van der Waals surface area contributed by atoms with Crippen LogP contribution in [0.1, 0.15) is 31.9 Å². The Labute approximate surface area is 180 Å². The van der Waals surface area contributed by atoms with Gasteiger partial charge < -0.3 is 5.11 Å². The van der Waals surface area contributed by atoms with Crippen molar-refractivity contribution >= 4 is 46.2 Å². The van der Waals surface area contributed by atoms with Gasteiger partial charge in [-0.3, -0.25) is 9.98 Å². The fraction of sp³-hybridized carbons (Fsp3) is 0.227. The number of aliphatic imine (C=N–C) groups is 2. The summed E-state index contributed by atoms with van der Waals surface area (Å²) in [4.78, 5) is 17.7. The minimum absolute atomic E-state index is 0.139. The molecule has 0 atom stereocenters. The van der Waals surface area contributed by atoms with Gasteiger partial charge in [0.15, 0.2) is 0 Å².